The fraction of sp³-hybridized carbons (Fsp3) is 0.909. The van der Waals surface area contributed by atoms with Crippen molar-refractivity contribution < 1.29 is 13.5 Å². The van der Waals surface area contributed by atoms with Gasteiger partial charge < -0.3 is 10.0 Å². The lowest BCUT2D eigenvalue weighted by molar-refractivity contribution is 0.237. The van der Waals surface area contributed by atoms with Gasteiger partial charge in [-0.05, 0) is 24.7 Å². The standard InChI is InChI=1S/C11H24N2O3S/c1-11(2,6-5-8-14)7-9-17(15,16)12-10-13(3)4/h10,14H,5-9H2,1-4H3/b12-10+. The molecular weight excluding hydrogens is 240 g/mol. The maximum absolute atomic E-state index is 11.6. The molecule has 0 saturated carbocycles. The molecule has 0 unspecified atom stereocenters. The second kappa shape index (κ2) is 6.96. The van der Waals surface area contributed by atoms with E-state index in [1.807, 2.05) is 13.8 Å². The Morgan fingerprint density at radius 1 is 1.29 bits per heavy atom. The molecular formula is C11H24N2O3S. The topological polar surface area (TPSA) is 70.0 Å². The Kier molecular flexibility index (Phi) is 6.70. The molecule has 17 heavy (non-hydrogen) atoms. The molecule has 6 heteroatoms. The maximum atomic E-state index is 11.6. The summed E-state index contributed by atoms with van der Waals surface area (Å²) in [6.07, 6.45) is 3.38. The van der Waals surface area contributed by atoms with Crippen LogP contribution in [0.2, 0.25) is 0 Å². The zero-order valence-electron chi connectivity index (χ0n) is 11.2. The van der Waals surface area contributed by atoms with Gasteiger partial charge in [0.15, 0.2) is 0 Å². The van der Waals surface area contributed by atoms with Gasteiger partial charge in [-0.25, -0.2) is 8.42 Å². The smallest absolute Gasteiger partial charge is 0.254 e. The van der Waals surface area contributed by atoms with E-state index in [4.69, 9.17) is 5.11 Å². The van der Waals surface area contributed by atoms with Crippen molar-refractivity contribution in [1.29, 1.82) is 0 Å². The quantitative estimate of drug-likeness (QED) is 0.526. The highest BCUT2D eigenvalue weighted by atomic mass is 32.2. The maximum Gasteiger partial charge on any atom is 0.254 e. The number of hydrogen-bond acceptors (Lipinski definition) is 3. The minimum absolute atomic E-state index is 0.0514. The van der Waals surface area contributed by atoms with Crippen LogP contribution in [0, 0.1) is 5.41 Å². The van der Waals surface area contributed by atoms with Crippen LogP contribution >= 0.6 is 0 Å². The first-order chi connectivity index (χ1) is 7.68. The van der Waals surface area contributed by atoms with Crippen LogP contribution in [0.3, 0.4) is 0 Å². The molecule has 0 atom stereocenters. The van der Waals surface area contributed by atoms with Gasteiger partial charge in [0.25, 0.3) is 10.0 Å². The minimum Gasteiger partial charge on any atom is -0.396 e. The van der Waals surface area contributed by atoms with Crippen LogP contribution in [0.4, 0.5) is 0 Å². The third-order valence-electron chi connectivity index (χ3n) is 2.49. The van der Waals surface area contributed by atoms with Gasteiger partial charge in [-0.3, -0.25) is 0 Å². The van der Waals surface area contributed by atoms with E-state index in [0.29, 0.717) is 12.8 Å². The lowest BCUT2D eigenvalue weighted by Crippen LogP contribution is -2.18. The van der Waals surface area contributed by atoms with Crippen LogP contribution in [0.1, 0.15) is 33.1 Å². The molecule has 0 aromatic rings. The molecule has 0 aromatic heterocycles. The Balaban J connectivity index is 4.26. The van der Waals surface area contributed by atoms with E-state index in [1.165, 1.54) is 6.34 Å². The second-order valence-corrected chi connectivity index (χ2v) is 6.99. The lowest BCUT2D eigenvalue weighted by Gasteiger charge is -2.23. The van der Waals surface area contributed by atoms with Gasteiger partial charge in [-0.1, -0.05) is 13.8 Å². The number of nitrogens with zero attached hydrogens (tertiary/aromatic N) is 2. The van der Waals surface area contributed by atoms with Gasteiger partial charge in [0, 0.05) is 20.7 Å². The van der Waals surface area contributed by atoms with Gasteiger partial charge in [-0.15, -0.1) is 0 Å². The summed E-state index contributed by atoms with van der Waals surface area (Å²) in [5.41, 5.74) is -0.0799. The van der Waals surface area contributed by atoms with Crippen molar-refractivity contribution in [3.8, 4) is 0 Å². The lowest BCUT2D eigenvalue weighted by atomic mass is 9.85. The van der Waals surface area contributed by atoms with Crippen molar-refractivity contribution in [2.75, 3.05) is 26.5 Å². The average molecular weight is 264 g/mol. The summed E-state index contributed by atoms with van der Waals surface area (Å²) in [5, 5.41) is 8.76. The molecule has 0 aliphatic rings. The molecule has 0 rings (SSSR count). The highest BCUT2D eigenvalue weighted by Gasteiger charge is 2.20. The third-order valence-corrected chi connectivity index (χ3v) is 3.62. The molecule has 0 radical (unpaired) electrons. The first-order valence-electron chi connectivity index (χ1n) is 5.74. The molecule has 102 valence electrons. The molecule has 0 aliphatic carbocycles. The van der Waals surface area contributed by atoms with E-state index < -0.39 is 10.0 Å². The Hall–Kier alpha value is -0.620. The van der Waals surface area contributed by atoms with Crippen molar-refractivity contribution in [2.45, 2.75) is 33.1 Å². The van der Waals surface area contributed by atoms with E-state index in [-0.39, 0.29) is 17.8 Å². The molecule has 0 heterocycles. The summed E-state index contributed by atoms with van der Waals surface area (Å²) in [6.45, 7) is 4.16. The van der Waals surface area contributed by atoms with Crippen LogP contribution in [0.25, 0.3) is 0 Å². The Morgan fingerprint density at radius 2 is 1.88 bits per heavy atom. The highest BCUT2D eigenvalue weighted by Crippen LogP contribution is 2.27. The van der Waals surface area contributed by atoms with Gasteiger partial charge in [0.2, 0.25) is 0 Å². The largest absolute Gasteiger partial charge is 0.396 e. The SMILES string of the molecule is CN(C)/C=N/S(=O)(=O)CCC(C)(C)CCCO. The van der Waals surface area contributed by atoms with Crippen molar-refractivity contribution in [1.82, 2.24) is 4.90 Å². The Bertz CT molecular complexity index is 335. The molecule has 5 nitrogen and oxygen atoms in total. The summed E-state index contributed by atoms with van der Waals surface area (Å²) in [5.74, 6) is 0.0514. The predicted molar refractivity (Wildman–Crippen MR) is 70.7 cm³/mol. The normalized spacial score (nSPS) is 13.2. The molecule has 0 fully saturated rings. The highest BCUT2D eigenvalue weighted by molar-refractivity contribution is 7.90. The van der Waals surface area contributed by atoms with Crippen molar-refractivity contribution in [3.63, 3.8) is 0 Å². The average Bonchev–Trinajstić information content (AvgIpc) is 2.22. The molecule has 0 bridgehead atoms. The van der Waals surface area contributed by atoms with Crippen LogP contribution < -0.4 is 0 Å². The fourth-order valence-corrected chi connectivity index (χ4v) is 2.55. The van der Waals surface area contributed by atoms with Crippen LogP contribution in [0.5, 0.6) is 0 Å². The van der Waals surface area contributed by atoms with Gasteiger partial charge in [0.05, 0.1) is 5.75 Å². The van der Waals surface area contributed by atoms with Gasteiger partial charge in [-0.2, -0.15) is 4.40 Å². The third kappa shape index (κ3) is 9.12. The monoisotopic (exact) mass is 264 g/mol. The van der Waals surface area contributed by atoms with Crippen molar-refractivity contribution >= 4 is 16.4 Å². The first kappa shape index (κ1) is 16.4. The molecule has 0 aromatic carbocycles. The summed E-state index contributed by atoms with van der Waals surface area (Å²) >= 11 is 0. The van der Waals surface area contributed by atoms with E-state index in [9.17, 15) is 8.42 Å². The van der Waals surface area contributed by atoms with E-state index in [1.54, 1.807) is 19.0 Å². The zero-order chi connectivity index (χ0) is 13.5. The minimum atomic E-state index is -3.37. The van der Waals surface area contributed by atoms with Crippen LogP contribution in [-0.2, 0) is 10.0 Å². The van der Waals surface area contributed by atoms with E-state index >= 15 is 0 Å². The summed E-state index contributed by atoms with van der Waals surface area (Å²) < 4.78 is 26.7. The van der Waals surface area contributed by atoms with E-state index in [0.717, 1.165) is 6.42 Å². The Labute approximate surface area is 105 Å². The summed E-state index contributed by atoms with van der Waals surface area (Å²) in [4.78, 5) is 1.59. The number of hydrogen-bond donors (Lipinski definition) is 1. The van der Waals surface area contributed by atoms with Crippen molar-refractivity contribution in [3.05, 3.63) is 0 Å². The van der Waals surface area contributed by atoms with Crippen LogP contribution in [0.15, 0.2) is 4.40 Å². The Morgan fingerprint density at radius 3 is 2.35 bits per heavy atom. The van der Waals surface area contributed by atoms with E-state index in [2.05, 4.69) is 4.40 Å². The van der Waals surface area contributed by atoms with Crippen molar-refractivity contribution in [2.24, 2.45) is 9.81 Å². The molecule has 1 N–H and O–H groups in total. The summed E-state index contributed by atoms with van der Waals surface area (Å²) in [7, 11) is 0.0832. The molecule has 0 saturated heterocycles. The number of aliphatic hydroxyl groups is 1. The number of rotatable bonds is 8. The molecule has 0 spiro atoms. The number of sulfonamides is 1. The fourth-order valence-electron chi connectivity index (χ4n) is 1.31. The predicted octanol–water partition coefficient (Wildman–Crippen LogP) is 1.09. The molecule has 0 aliphatic heterocycles. The van der Waals surface area contributed by atoms with Gasteiger partial charge >= 0.3 is 0 Å². The van der Waals surface area contributed by atoms with Crippen LogP contribution in [-0.4, -0.2) is 51.2 Å². The zero-order valence-corrected chi connectivity index (χ0v) is 12.0. The van der Waals surface area contributed by atoms with Gasteiger partial charge in [0.1, 0.15) is 6.34 Å². The summed E-state index contributed by atoms with van der Waals surface area (Å²) in [6, 6.07) is 0. The second-order valence-electron chi connectivity index (χ2n) is 5.21. The molecule has 0 amide bonds. The number of aliphatic hydroxyl groups excluding tert-OH is 1. The first-order valence-corrected chi connectivity index (χ1v) is 7.35.